The van der Waals surface area contributed by atoms with Gasteiger partial charge in [0.25, 0.3) is 0 Å². The van der Waals surface area contributed by atoms with Gasteiger partial charge in [0.05, 0.1) is 0 Å². The first-order chi connectivity index (χ1) is 3.80. The van der Waals surface area contributed by atoms with Crippen LogP contribution in [0.5, 0.6) is 0 Å². The number of halogens is 2. The van der Waals surface area contributed by atoms with E-state index < -0.39 is 11.8 Å². The molecule has 1 radical (unpaired) electrons. The standard InChI is InChI=1S/C5H2F2N/c6-4-2-1-3-8-5(4)7/h1,3H. The van der Waals surface area contributed by atoms with Crippen LogP contribution in [-0.2, 0) is 0 Å². The Morgan fingerprint density at radius 3 is 2.62 bits per heavy atom. The van der Waals surface area contributed by atoms with Crippen molar-refractivity contribution >= 4 is 0 Å². The molecule has 0 bridgehead atoms. The molecule has 1 aromatic rings. The molecule has 3 heteroatoms. The van der Waals surface area contributed by atoms with Gasteiger partial charge in [0.1, 0.15) is 0 Å². The van der Waals surface area contributed by atoms with Gasteiger partial charge in [-0.25, -0.2) is 9.37 Å². The monoisotopic (exact) mass is 114 g/mol. The second-order valence-corrected chi connectivity index (χ2v) is 1.19. The van der Waals surface area contributed by atoms with Gasteiger partial charge >= 0.3 is 0 Å². The molecule has 0 atom stereocenters. The van der Waals surface area contributed by atoms with Crippen LogP contribution in [0.2, 0.25) is 0 Å². The minimum absolute atomic E-state index is 1.03. The Morgan fingerprint density at radius 2 is 2.25 bits per heavy atom. The van der Waals surface area contributed by atoms with E-state index in [1.165, 1.54) is 6.07 Å². The van der Waals surface area contributed by atoms with Crippen molar-refractivity contribution in [3.05, 3.63) is 30.1 Å². The summed E-state index contributed by atoms with van der Waals surface area (Å²) >= 11 is 0. The van der Waals surface area contributed by atoms with Crippen molar-refractivity contribution in [3.63, 3.8) is 0 Å². The van der Waals surface area contributed by atoms with Crippen LogP contribution >= 0.6 is 0 Å². The highest BCUT2D eigenvalue weighted by atomic mass is 19.2. The van der Waals surface area contributed by atoms with Gasteiger partial charge in [-0.15, -0.1) is 0 Å². The van der Waals surface area contributed by atoms with Crippen LogP contribution < -0.4 is 0 Å². The third kappa shape index (κ3) is 0.804. The maximum absolute atomic E-state index is 11.8. The van der Waals surface area contributed by atoms with Crippen molar-refractivity contribution < 1.29 is 8.78 Å². The van der Waals surface area contributed by atoms with Crippen molar-refractivity contribution in [1.82, 2.24) is 4.98 Å². The molecule has 0 aliphatic carbocycles. The van der Waals surface area contributed by atoms with Gasteiger partial charge in [0.15, 0.2) is 5.82 Å². The van der Waals surface area contributed by atoms with Crippen LogP contribution in [0, 0.1) is 17.8 Å². The zero-order valence-electron chi connectivity index (χ0n) is 3.86. The molecule has 1 nitrogen and oxygen atoms in total. The summed E-state index contributed by atoms with van der Waals surface area (Å²) in [6, 6.07) is 3.20. The highest BCUT2D eigenvalue weighted by Gasteiger charge is 1.96. The van der Waals surface area contributed by atoms with Gasteiger partial charge < -0.3 is 0 Å². The Hall–Kier alpha value is -0.990. The first-order valence-electron chi connectivity index (χ1n) is 1.98. The minimum Gasteiger partial charge on any atom is -0.226 e. The summed E-state index contributed by atoms with van der Waals surface area (Å²) in [4.78, 5) is 3.01. The van der Waals surface area contributed by atoms with E-state index in [1.54, 1.807) is 0 Å². The molecule has 0 N–H and O–H groups in total. The summed E-state index contributed by atoms with van der Waals surface area (Å²) in [7, 11) is 0. The van der Waals surface area contributed by atoms with Gasteiger partial charge in [0.2, 0.25) is 5.95 Å². The average molecular weight is 114 g/mol. The molecule has 1 rings (SSSR count). The van der Waals surface area contributed by atoms with Crippen LogP contribution in [0.1, 0.15) is 0 Å². The summed E-state index contributed by atoms with van der Waals surface area (Å²) in [5, 5.41) is 0. The van der Waals surface area contributed by atoms with Gasteiger partial charge in [-0.3, -0.25) is 0 Å². The number of pyridine rings is 1. The van der Waals surface area contributed by atoms with Gasteiger partial charge in [-0.2, -0.15) is 4.39 Å². The fourth-order valence-electron chi connectivity index (χ4n) is 0.329. The lowest BCUT2D eigenvalue weighted by Crippen LogP contribution is -1.85. The van der Waals surface area contributed by atoms with E-state index in [0.717, 1.165) is 6.20 Å². The summed E-state index contributed by atoms with van der Waals surface area (Å²) in [5.41, 5.74) is 0. The molecule has 0 amide bonds. The predicted molar refractivity (Wildman–Crippen MR) is 23.0 cm³/mol. The summed E-state index contributed by atoms with van der Waals surface area (Å²) in [5.74, 6) is -2.14. The molecule has 1 heterocycles. The molecule has 1 aromatic heterocycles. The van der Waals surface area contributed by atoms with Gasteiger partial charge in [0, 0.05) is 12.3 Å². The van der Waals surface area contributed by atoms with Gasteiger partial charge in [-0.1, -0.05) is 0 Å². The maximum atomic E-state index is 11.8. The van der Waals surface area contributed by atoms with Crippen LogP contribution in [0.25, 0.3) is 0 Å². The van der Waals surface area contributed by atoms with Crippen molar-refractivity contribution in [1.29, 1.82) is 0 Å². The molecular weight excluding hydrogens is 112 g/mol. The normalized spacial score (nSPS) is 9.25. The first-order valence-corrected chi connectivity index (χ1v) is 1.98. The summed E-state index contributed by atoms with van der Waals surface area (Å²) in [6.45, 7) is 0. The third-order valence-electron chi connectivity index (χ3n) is 0.654. The van der Waals surface area contributed by atoms with Crippen LogP contribution in [0.3, 0.4) is 0 Å². The molecule has 0 aliphatic heterocycles. The smallest absolute Gasteiger partial charge is 0.226 e. The molecule has 0 unspecified atom stereocenters. The lowest BCUT2D eigenvalue weighted by Gasteiger charge is -1.83. The molecular formula is C5H2F2N. The topological polar surface area (TPSA) is 12.9 Å². The largest absolute Gasteiger partial charge is 0.249 e. The van der Waals surface area contributed by atoms with E-state index in [4.69, 9.17) is 0 Å². The Morgan fingerprint density at radius 1 is 1.50 bits per heavy atom. The second-order valence-electron chi connectivity index (χ2n) is 1.19. The first kappa shape index (κ1) is 5.15. The molecule has 0 saturated heterocycles. The highest BCUT2D eigenvalue weighted by Crippen LogP contribution is 1.96. The maximum Gasteiger partial charge on any atom is 0.249 e. The van der Waals surface area contributed by atoms with Crippen LogP contribution in [0.15, 0.2) is 12.3 Å². The van der Waals surface area contributed by atoms with Crippen molar-refractivity contribution in [2.75, 3.05) is 0 Å². The van der Waals surface area contributed by atoms with E-state index in [9.17, 15) is 8.78 Å². The Balaban J connectivity index is 3.13. The van der Waals surface area contributed by atoms with E-state index in [2.05, 4.69) is 4.98 Å². The van der Waals surface area contributed by atoms with E-state index in [0.29, 0.717) is 0 Å². The average Bonchev–Trinajstić information content (AvgIpc) is 1.77. The van der Waals surface area contributed by atoms with Crippen LogP contribution in [0.4, 0.5) is 8.78 Å². The number of hydrogen-bond donors (Lipinski definition) is 0. The third-order valence-corrected chi connectivity index (χ3v) is 0.654. The highest BCUT2D eigenvalue weighted by molar-refractivity contribution is 4.92. The van der Waals surface area contributed by atoms with E-state index in [1.807, 2.05) is 6.07 Å². The molecule has 41 valence electrons. The lowest BCUT2D eigenvalue weighted by molar-refractivity contribution is 0.478. The fourth-order valence-corrected chi connectivity index (χ4v) is 0.329. The number of hydrogen-bond acceptors (Lipinski definition) is 1. The molecule has 8 heavy (non-hydrogen) atoms. The molecule has 0 fully saturated rings. The quantitative estimate of drug-likeness (QED) is 0.461. The minimum atomic E-state index is -1.10. The SMILES string of the molecule is Fc1[c]ccnc1F. The Bertz CT molecular complexity index is 167. The molecule has 0 spiro atoms. The Kier molecular flexibility index (Phi) is 1.20. The fraction of sp³-hybridized carbons (Fsp3) is 0. The van der Waals surface area contributed by atoms with Crippen molar-refractivity contribution in [2.24, 2.45) is 0 Å². The Labute approximate surface area is 45.0 Å². The zero-order valence-corrected chi connectivity index (χ0v) is 3.86. The van der Waals surface area contributed by atoms with E-state index >= 15 is 0 Å². The second kappa shape index (κ2) is 1.86. The van der Waals surface area contributed by atoms with E-state index in [-0.39, 0.29) is 0 Å². The number of nitrogens with zero attached hydrogens (tertiary/aromatic N) is 1. The molecule has 0 aliphatic rings. The van der Waals surface area contributed by atoms with Gasteiger partial charge in [-0.05, 0) is 6.07 Å². The molecule has 0 saturated carbocycles. The van der Waals surface area contributed by atoms with Crippen LogP contribution in [-0.4, -0.2) is 4.98 Å². The lowest BCUT2D eigenvalue weighted by atomic mass is 10.5. The summed E-state index contributed by atoms with van der Waals surface area (Å²) in [6.07, 6.45) is 1.14. The molecule has 0 aromatic carbocycles. The summed E-state index contributed by atoms with van der Waals surface area (Å²) < 4.78 is 23.6. The predicted octanol–water partition coefficient (Wildman–Crippen LogP) is 1.16. The number of aromatic nitrogens is 1. The van der Waals surface area contributed by atoms with Crippen molar-refractivity contribution in [3.8, 4) is 0 Å². The number of rotatable bonds is 0. The zero-order chi connectivity index (χ0) is 5.98. The van der Waals surface area contributed by atoms with Crippen molar-refractivity contribution in [2.45, 2.75) is 0 Å².